The van der Waals surface area contributed by atoms with Crippen molar-refractivity contribution >= 4 is 16.9 Å². The van der Waals surface area contributed by atoms with Crippen LogP contribution in [0.15, 0.2) is 24.3 Å². The molecule has 20 heavy (non-hydrogen) atoms. The number of anilines is 1. The Morgan fingerprint density at radius 2 is 1.70 bits per heavy atom. The van der Waals surface area contributed by atoms with Gasteiger partial charge in [0.1, 0.15) is 0 Å². The molecule has 2 aromatic rings. The molecule has 0 saturated carbocycles. The first-order valence-corrected chi connectivity index (χ1v) is 7.09. The number of hydrogen-bond acceptors (Lipinski definition) is 5. The number of β-amino-alcohol motifs (C(OH)–C–C–N with tert-alkyl or cyclic N) is 1. The van der Waals surface area contributed by atoms with Crippen molar-refractivity contribution < 1.29 is 5.11 Å². The molecule has 1 aromatic heterocycles. The normalized spacial score (nSPS) is 16.8. The van der Waals surface area contributed by atoms with E-state index >= 15 is 0 Å². The van der Waals surface area contributed by atoms with Gasteiger partial charge in [-0.2, -0.15) is 0 Å². The molecule has 0 spiro atoms. The zero-order chi connectivity index (χ0) is 13.9. The topological polar surface area (TPSA) is 52.5 Å². The lowest BCUT2D eigenvalue weighted by molar-refractivity contribution is 0.188. The number of piperazine rings is 1. The molecule has 5 heteroatoms. The SMILES string of the molecule is Cc1nc2ccccc2nc1N1CCN(CCO)CC1. The van der Waals surface area contributed by atoms with E-state index in [1.54, 1.807) is 0 Å². The third-order valence-corrected chi connectivity index (χ3v) is 3.81. The van der Waals surface area contributed by atoms with Gasteiger partial charge in [0, 0.05) is 32.7 Å². The molecule has 0 unspecified atom stereocenters. The highest BCUT2D eigenvalue weighted by atomic mass is 16.3. The van der Waals surface area contributed by atoms with E-state index in [9.17, 15) is 0 Å². The van der Waals surface area contributed by atoms with Gasteiger partial charge in [-0.25, -0.2) is 9.97 Å². The second-order valence-electron chi connectivity index (χ2n) is 5.17. The van der Waals surface area contributed by atoms with Crippen LogP contribution in [0, 0.1) is 6.92 Å². The summed E-state index contributed by atoms with van der Waals surface area (Å²) in [6, 6.07) is 7.99. The Morgan fingerprint density at radius 3 is 2.35 bits per heavy atom. The van der Waals surface area contributed by atoms with Gasteiger partial charge in [0.15, 0.2) is 5.82 Å². The lowest BCUT2D eigenvalue weighted by Gasteiger charge is -2.35. The van der Waals surface area contributed by atoms with E-state index in [1.165, 1.54) is 0 Å². The van der Waals surface area contributed by atoms with Gasteiger partial charge in [-0.3, -0.25) is 4.90 Å². The maximum Gasteiger partial charge on any atom is 0.150 e. The van der Waals surface area contributed by atoms with Gasteiger partial charge in [0.2, 0.25) is 0 Å². The lowest BCUT2D eigenvalue weighted by Crippen LogP contribution is -2.47. The third-order valence-electron chi connectivity index (χ3n) is 3.81. The first kappa shape index (κ1) is 13.3. The first-order chi connectivity index (χ1) is 9.78. The summed E-state index contributed by atoms with van der Waals surface area (Å²) in [7, 11) is 0. The standard InChI is InChI=1S/C15H20N4O/c1-12-15(17-14-5-3-2-4-13(14)16-12)19-8-6-18(7-9-19)10-11-20/h2-5,20H,6-11H2,1H3. The molecular formula is C15H20N4O. The summed E-state index contributed by atoms with van der Waals surface area (Å²) in [5.74, 6) is 0.993. The summed E-state index contributed by atoms with van der Waals surface area (Å²) in [5, 5.41) is 8.99. The van der Waals surface area contributed by atoms with Gasteiger partial charge in [0.25, 0.3) is 0 Å². The number of hydrogen-bond donors (Lipinski definition) is 1. The number of aliphatic hydroxyl groups is 1. The average molecular weight is 272 g/mol. The maximum absolute atomic E-state index is 8.99. The van der Waals surface area contributed by atoms with Crippen LogP contribution in [0.2, 0.25) is 0 Å². The van der Waals surface area contributed by atoms with E-state index in [1.807, 2.05) is 31.2 Å². The zero-order valence-electron chi connectivity index (χ0n) is 11.8. The van der Waals surface area contributed by atoms with Crippen molar-refractivity contribution in [3.8, 4) is 0 Å². The number of aliphatic hydroxyl groups excluding tert-OH is 1. The molecule has 0 aliphatic carbocycles. The molecule has 0 radical (unpaired) electrons. The van der Waals surface area contributed by atoms with Crippen LogP contribution in [-0.2, 0) is 0 Å². The quantitative estimate of drug-likeness (QED) is 0.905. The predicted octanol–water partition coefficient (Wildman–Crippen LogP) is 1.05. The van der Waals surface area contributed by atoms with Crippen LogP contribution in [-0.4, -0.2) is 59.3 Å². The van der Waals surface area contributed by atoms with E-state index in [0.29, 0.717) is 0 Å². The second kappa shape index (κ2) is 5.73. The van der Waals surface area contributed by atoms with Crippen LogP contribution in [0.25, 0.3) is 11.0 Å². The van der Waals surface area contributed by atoms with Crippen molar-refractivity contribution in [2.75, 3.05) is 44.2 Å². The smallest absolute Gasteiger partial charge is 0.150 e. The molecule has 0 bridgehead atoms. The minimum absolute atomic E-state index is 0.231. The molecule has 3 rings (SSSR count). The number of para-hydroxylation sites is 2. The number of benzene rings is 1. The van der Waals surface area contributed by atoms with Crippen molar-refractivity contribution in [3.63, 3.8) is 0 Å². The molecule has 1 saturated heterocycles. The monoisotopic (exact) mass is 272 g/mol. The summed E-state index contributed by atoms with van der Waals surface area (Å²) < 4.78 is 0. The van der Waals surface area contributed by atoms with E-state index in [2.05, 4.69) is 14.8 Å². The Balaban J connectivity index is 1.82. The highest BCUT2D eigenvalue weighted by Crippen LogP contribution is 2.21. The summed E-state index contributed by atoms with van der Waals surface area (Å²) in [4.78, 5) is 14.0. The number of aryl methyl sites for hydroxylation is 1. The van der Waals surface area contributed by atoms with Crippen LogP contribution in [0.3, 0.4) is 0 Å². The molecule has 1 aliphatic heterocycles. The zero-order valence-corrected chi connectivity index (χ0v) is 11.8. The van der Waals surface area contributed by atoms with Crippen molar-refractivity contribution in [1.29, 1.82) is 0 Å². The predicted molar refractivity (Wildman–Crippen MR) is 80.0 cm³/mol. The fourth-order valence-corrected chi connectivity index (χ4v) is 2.70. The van der Waals surface area contributed by atoms with Crippen LogP contribution >= 0.6 is 0 Å². The van der Waals surface area contributed by atoms with E-state index in [0.717, 1.165) is 55.3 Å². The Bertz CT molecular complexity index is 593. The molecule has 1 aliphatic rings. The Hall–Kier alpha value is -1.72. The second-order valence-corrected chi connectivity index (χ2v) is 5.17. The van der Waals surface area contributed by atoms with Crippen molar-refractivity contribution in [2.24, 2.45) is 0 Å². The average Bonchev–Trinajstić information content (AvgIpc) is 2.48. The molecule has 1 fully saturated rings. The van der Waals surface area contributed by atoms with Gasteiger partial charge < -0.3 is 10.0 Å². The molecule has 106 valence electrons. The molecule has 1 aromatic carbocycles. The third kappa shape index (κ3) is 2.59. The number of rotatable bonds is 3. The highest BCUT2D eigenvalue weighted by Gasteiger charge is 2.19. The first-order valence-electron chi connectivity index (χ1n) is 7.09. The van der Waals surface area contributed by atoms with Gasteiger partial charge in [-0.05, 0) is 19.1 Å². The fourth-order valence-electron chi connectivity index (χ4n) is 2.70. The summed E-state index contributed by atoms with van der Waals surface area (Å²) in [6.45, 7) is 6.82. The molecular weight excluding hydrogens is 252 g/mol. The number of fused-ring (bicyclic) bond motifs is 1. The number of nitrogens with zero attached hydrogens (tertiary/aromatic N) is 4. The van der Waals surface area contributed by atoms with Crippen molar-refractivity contribution in [3.05, 3.63) is 30.0 Å². The summed E-state index contributed by atoms with van der Waals surface area (Å²) in [5.41, 5.74) is 2.89. The highest BCUT2D eigenvalue weighted by molar-refractivity contribution is 5.76. The van der Waals surface area contributed by atoms with E-state index in [-0.39, 0.29) is 6.61 Å². The largest absolute Gasteiger partial charge is 0.395 e. The van der Waals surface area contributed by atoms with Crippen LogP contribution in [0.1, 0.15) is 5.69 Å². The summed E-state index contributed by atoms with van der Waals surface area (Å²) >= 11 is 0. The van der Waals surface area contributed by atoms with Gasteiger partial charge in [0.05, 0.1) is 23.3 Å². The Kier molecular flexibility index (Phi) is 3.80. The fraction of sp³-hybridized carbons (Fsp3) is 0.467. The molecule has 0 amide bonds. The molecule has 0 atom stereocenters. The van der Waals surface area contributed by atoms with Crippen molar-refractivity contribution in [2.45, 2.75) is 6.92 Å². The number of aromatic nitrogens is 2. The molecule has 2 heterocycles. The molecule has 5 nitrogen and oxygen atoms in total. The Morgan fingerprint density at radius 1 is 1.05 bits per heavy atom. The van der Waals surface area contributed by atoms with E-state index in [4.69, 9.17) is 10.1 Å². The maximum atomic E-state index is 8.99. The molecule has 1 N–H and O–H groups in total. The minimum Gasteiger partial charge on any atom is -0.395 e. The lowest BCUT2D eigenvalue weighted by atomic mass is 10.2. The minimum atomic E-state index is 0.231. The van der Waals surface area contributed by atoms with E-state index < -0.39 is 0 Å². The summed E-state index contributed by atoms with van der Waals surface area (Å²) in [6.07, 6.45) is 0. The van der Waals surface area contributed by atoms with Crippen LogP contribution in [0.5, 0.6) is 0 Å². The van der Waals surface area contributed by atoms with Crippen molar-refractivity contribution in [1.82, 2.24) is 14.9 Å². The Labute approximate surface area is 118 Å². The van der Waals surface area contributed by atoms with Crippen LogP contribution < -0.4 is 4.90 Å². The van der Waals surface area contributed by atoms with Crippen LogP contribution in [0.4, 0.5) is 5.82 Å². The van der Waals surface area contributed by atoms with Gasteiger partial charge in [-0.1, -0.05) is 12.1 Å². The van der Waals surface area contributed by atoms with Gasteiger partial charge >= 0.3 is 0 Å². The van der Waals surface area contributed by atoms with Gasteiger partial charge in [-0.15, -0.1) is 0 Å².